The van der Waals surface area contributed by atoms with Crippen LogP contribution in [-0.2, 0) is 14.8 Å². The van der Waals surface area contributed by atoms with E-state index in [1.807, 2.05) is 0 Å². The molecular weight excluding hydrogens is 284 g/mol. The molecule has 2 aliphatic rings. The van der Waals surface area contributed by atoms with Gasteiger partial charge in [0.1, 0.15) is 0 Å². The van der Waals surface area contributed by atoms with Crippen LogP contribution < -0.4 is 0 Å². The van der Waals surface area contributed by atoms with E-state index in [-0.39, 0.29) is 0 Å². The first-order valence-corrected chi connectivity index (χ1v) is 7.37. The highest BCUT2D eigenvalue weighted by Crippen LogP contribution is 2.38. The highest BCUT2D eigenvalue weighted by Gasteiger charge is 2.48. The van der Waals surface area contributed by atoms with E-state index in [0.29, 0.717) is 6.42 Å². The molecule has 2 atom stereocenters. The van der Waals surface area contributed by atoms with Crippen LogP contribution in [0.2, 0.25) is 0 Å². The molecule has 20 heavy (non-hydrogen) atoms. The first kappa shape index (κ1) is 12.8. The summed E-state index contributed by atoms with van der Waals surface area (Å²) in [6.45, 7) is 0. The second-order valence-corrected chi connectivity index (χ2v) is 6.44. The lowest BCUT2D eigenvalue weighted by molar-refractivity contribution is -0.387. The SMILES string of the molecule is O=C1[C@@H]2C=C[C@@H](C2)N1S(=O)(=O)c1ccccc1[N+](=O)[O-]. The maximum Gasteiger partial charge on any atom is 0.289 e. The molecule has 3 rings (SSSR count). The van der Waals surface area contributed by atoms with Gasteiger partial charge in [0.25, 0.3) is 15.7 Å². The van der Waals surface area contributed by atoms with Crippen LogP contribution >= 0.6 is 0 Å². The number of sulfonamides is 1. The number of carbonyl (C=O) groups is 1. The van der Waals surface area contributed by atoms with Gasteiger partial charge in [0.2, 0.25) is 5.91 Å². The Bertz CT molecular complexity index is 740. The van der Waals surface area contributed by atoms with Gasteiger partial charge in [0.15, 0.2) is 4.90 Å². The van der Waals surface area contributed by atoms with E-state index in [0.717, 1.165) is 16.4 Å². The Morgan fingerprint density at radius 3 is 2.55 bits per heavy atom. The first-order chi connectivity index (χ1) is 9.43. The van der Waals surface area contributed by atoms with E-state index in [9.17, 15) is 23.3 Å². The summed E-state index contributed by atoms with van der Waals surface area (Å²) in [5, 5.41) is 10.9. The molecule has 0 unspecified atom stereocenters. The number of nitro benzene ring substituents is 1. The fourth-order valence-corrected chi connectivity index (χ4v) is 4.35. The van der Waals surface area contributed by atoms with Crippen LogP contribution in [0.4, 0.5) is 5.69 Å². The largest absolute Gasteiger partial charge is 0.289 e. The number of hydrogen-bond donors (Lipinski definition) is 0. The maximum absolute atomic E-state index is 12.5. The molecule has 0 spiro atoms. The molecule has 1 aromatic carbocycles. The number of nitro groups is 1. The third kappa shape index (κ3) is 1.64. The number of benzene rings is 1. The van der Waals surface area contributed by atoms with Gasteiger partial charge in [-0.25, -0.2) is 12.7 Å². The molecule has 1 aliphatic carbocycles. The number of nitrogens with zero attached hydrogens (tertiary/aromatic N) is 2. The molecular formula is C12H10N2O5S. The molecule has 0 N–H and O–H groups in total. The molecule has 1 fully saturated rings. The van der Waals surface area contributed by atoms with E-state index in [1.54, 1.807) is 12.2 Å². The molecule has 0 aromatic heterocycles. The topological polar surface area (TPSA) is 97.6 Å². The molecule has 0 saturated carbocycles. The molecule has 104 valence electrons. The molecule has 1 saturated heterocycles. The summed E-state index contributed by atoms with van der Waals surface area (Å²) in [6, 6.07) is 4.51. The average Bonchev–Trinajstić information content (AvgIpc) is 2.99. The summed E-state index contributed by atoms with van der Waals surface area (Å²) in [5.41, 5.74) is -0.521. The number of amides is 1. The Kier molecular flexibility index (Phi) is 2.65. The third-order valence-electron chi connectivity index (χ3n) is 3.50. The van der Waals surface area contributed by atoms with E-state index < -0.39 is 43.4 Å². The van der Waals surface area contributed by atoms with Crippen molar-refractivity contribution in [1.29, 1.82) is 0 Å². The number of rotatable bonds is 3. The highest BCUT2D eigenvalue weighted by molar-refractivity contribution is 7.89. The van der Waals surface area contributed by atoms with Crippen molar-refractivity contribution in [3.05, 3.63) is 46.5 Å². The van der Waals surface area contributed by atoms with Crippen molar-refractivity contribution in [3.8, 4) is 0 Å². The van der Waals surface area contributed by atoms with Gasteiger partial charge in [-0.15, -0.1) is 0 Å². The molecule has 0 radical (unpaired) electrons. The fourth-order valence-electron chi connectivity index (χ4n) is 2.59. The van der Waals surface area contributed by atoms with E-state index in [4.69, 9.17) is 0 Å². The van der Waals surface area contributed by atoms with Crippen LogP contribution in [-0.4, -0.2) is 29.6 Å². The predicted octanol–water partition coefficient (Wildman–Crippen LogP) is 1.07. The third-order valence-corrected chi connectivity index (χ3v) is 5.37. The molecule has 7 nitrogen and oxygen atoms in total. The van der Waals surface area contributed by atoms with Crippen LogP contribution in [0, 0.1) is 16.0 Å². The van der Waals surface area contributed by atoms with Crippen molar-refractivity contribution < 1.29 is 18.1 Å². The van der Waals surface area contributed by atoms with Gasteiger partial charge in [-0.2, -0.15) is 0 Å². The predicted molar refractivity (Wildman–Crippen MR) is 68.2 cm³/mol. The van der Waals surface area contributed by atoms with Crippen molar-refractivity contribution in [1.82, 2.24) is 4.31 Å². The lowest BCUT2D eigenvalue weighted by atomic mass is 10.1. The fraction of sp³-hybridized carbons (Fsp3) is 0.250. The normalized spacial score (nSPS) is 24.4. The molecule has 2 bridgehead atoms. The summed E-state index contributed by atoms with van der Waals surface area (Å²) in [4.78, 5) is 21.7. The van der Waals surface area contributed by atoms with Gasteiger partial charge in [0, 0.05) is 6.07 Å². The molecule has 1 aromatic rings. The quantitative estimate of drug-likeness (QED) is 0.472. The molecule has 8 heteroatoms. The van der Waals surface area contributed by atoms with Crippen LogP contribution in [0.1, 0.15) is 6.42 Å². The van der Waals surface area contributed by atoms with Crippen LogP contribution in [0.15, 0.2) is 41.3 Å². The Morgan fingerprint density at radius 2 is 1.95 bits per heavy atom. The van der Waals surface area contributed by atoms with Crippen LogP contribution in [0.3, 0.4) is 0 Å². The van der Waals surface area contributed by atoms with E-state index >= 15 is 0 Å². The summed E-state index contributed by atoms with van der Waals surface area (Å²) in [7, 11) is -4.20. The van der Waals surface area contributed by atoms with Crippen molar-refractivity contribution in [2.75, 3.05) is 0 Å². The number of hydrogen-bond acceptors (Lipinski definition) is 5. The zero-order valence-electron chi connectivity index (χ0n) is 10.2. The summed E-state index contributed by atoms with van der Waals surface area (Å²) in [6.07, 6.45) is 3.75. The second-order valence-electron chi connectivity index (χ2n) is 4.66. The number of para-hydroxylation sites is 1. The maximum atomic E-state index is 12.5. The van der Waals surface area contributed by atoms with Gasteiger partial charge >= 0.3 is 0 Å². The average molecular weight is 294 g/mol. The van der Waals surface area contributed by atoms with Crippen molar-refractivity contribution >= 4 is 21.6 Å². The Labute approximate surface area is 114 Å². The van der Waals surface area contributed by atoms with Crippen LogP contribution in [0.25, 0.3) is 0 Å². The smallest absolute Gasteiger partial charge is 0.273 e. The zero-order valence-corrected chi connectivity index (χ0v) is 11.0. The Balaban J connectivity index is 2.13. The lowest BCUT2D eigenvalue weighted by Gasteiger charge is -2.23. The summed E-state index contributed by atoms with van der Waals surface area (Å²) < 4.78 is 25.8. The van der Waals surface area contributed by atoms with Crippen molar-refractivity contribution in [2.24, 2.45) is 5.92 Å². The van der Waals surface area contributed by atoms with E-state index in [1.165, 1.54) is 12.1 Å². The standard InChI is InChI=1S/C12H10N2O5S/c15-12-8-5-6-9(7-8)13(12)20(18,19)11-4-2-1-3-10(11)14(16)17/h1-6,8-9H,7H2/t8-,9+/m1/s1. The minimum atomic E-state index is -4.20. The lowest BCUT2D eigenvalue weighted by Crippen LogP contribution is -2.40. The highest BCUT2D eigenvalue weighted by atomic mass is 32.2. The van der Waals surface area contributed by atoms with Gasteiger partial charge in [-0.3, -0.25) is 14.9 Å². The Hall–Kier alpha value is -2.22. The second kappa shape index (κ2) is 4.14. The molecule has 1 aliphatic heterocycles. The van der Waals surface area contributed by atoms with Gasteiger partial charge in [-0.05, 0) is 12.5 Å². The van der Waals surface area contributed by atoms with E-state index in [2.05, 4.69) is 0 Å². The minimum Gasteiger partial charge on any atom is -0.273 e. The summed E-state index contributed by atoms with van der Waals surface area (Å²) >= 11 is 0. The Morgan fingerprint density at radius 1 is 1.25 bits per heavy atom. The van der Waals surface area contributed by atoms with Crippen molar-refractivity contribution in [3.63, 3.8) is 0 Å². The summed E-state index contributed by atoms with van der Waals surface area (Å²) in [5.74, 6) is -0.951. The number of carbonyl (C=O) groups excluding carboxylic acids is 1. The van der Waals surface area contributed by atoms with Crippen molar-refractivity contribution in [2.45, 2.75) is 17.4 Å². The van der Waals surface area contributed by atoms with Gasteiger partial charge < -0.3 is 0 Å². The molecule has 1 heterocycles. The zero-order chi connectivity index (χ0) is 14.5. The number of fused-ring (bicyclic) bond motifs is 2. The van der Waals surface area contributed by atoms with Gasteiger partial charge in [0.05, 0.1) is 16.9 Å². The first-order valence-electron chi connectivity index (χ1n) is 5.93. The minimum absolute atomic E-state index is 0.415. The van der Waals surface area contributed by atoms with Crippen LogP contribution in [0.5, 0.6) is 0 Å². The van der Waals surface area contributed by atoms with Gasteiger partial charge in [-0.1, -0.05) is 24.3 Å². The monoisotopic (exact) mass is 294 g/mol. The molecule has 1 amide bonds.